The molecule has 0 aliphatic rings. The average Bonchev–Trinajstić information content (AvgIpc) is 3.45. The number of aliphatic hydroxyl groups excluding tert-OH is 2. The summed E-state index contributed by atoms with van der Waals surface area (Å²) in [5.74, 6) is -0.0719. The third kappa shape index (κ3) is 66.5. The Bertz CT molecular complexity index is 1340. The maximum Gasteiger partial charge on any atom is 0.220 e. The number of rotatable bonds is 66. The summed E-state index contributed by atoms with van der Waals surface area (Å²) in [6.45, 7) is 4.32. The Hall–Kier alpha value is -2.17. The van der Waals surface area contributed by atoms with Gasteiger partial charge < -0.3 is 15.5 Å². The first-order valence-corrected chi connectivity index (χ1v) is 35.7. The number of hydrogen-bond acceptors (Lipinski definition) is 3. The molecule has 0 aliphatic heterocycles. The summed E-state index contributed by atoms with van der Waals surface area (Å²) in [5.41, 5.74) is 0. The van der Waals surface area contributed by atoms with Crippen LogP contribution in [0, 0.1) is 0 Å². The van der Waals surface area contributed by atoms with E-state index in [-0.39, 0.29) is 12.5 Å². The summed E-state index contributed by atoms with van der Waals surface area (Å²) in [6.07, 6.45) is 101. The van der Waals surface area contributed by atoms with Gasteiger partial charge in [-0.2, -0.15) is 0 Å². The normalized spacial score (nSPS) is 13.1. The maximum atomic E-state index is 12.5. The highest BCUT2D eigenvalue weighted by molar-refractivity contribution is 5.76. The summed E-state index contributed by atoms with van der Waals surface area (Å²) < 4.78 is 0. The lowest BCUT2D eigenvalue weighted by atomic mass is 10.0. The van der Waals surface area contributed by atoms with Crippen molar-refractivity contribution in [3.05, 3.63) is 72.9 Å². The third-order valence-electron chi connectivity index (χ3n) is 16.4. The summed E-state index contributed by atoms with van der Waals surface area (Å²) >= 11 is 0. The van der Waals surface area contributed by atoms with Crippen molar-refractivity contribution in [1.29, 1.82) is 0 Å². The Morgan fingerprint density at radius 2 is 0.532 bits per heavy atom. The number of allylic oxidation sites excluding steroid dienone is 11. The van der Waals surface area contributed by atoms with Gasteiger partial charge in [-0.1, -0.05) is 363 Å². The van der Waals surface area contributed by atoms with E-state index in [2.05, 4.69) is 79.9 Å². The predicted molar refractivity (Wildman–Crippen MR) is 354 cm³/mol. The van der Waals surface area contributed by atoms with E-state index < -0.39 is 12.1 Å². The fraction of sp³-hybridized carbons (Fsp3) is 0.827. The van der Waals surface area contributed by atoms with Crippen LogP contribution in [0.2, 0.25) is 0 Å². The highest BCUT2D eigenvalue weighted by Gasteiger charge is 2.18. The van der Waals surface area contributed by atoms with Crippen molar-refractivity contribution in [1.82, 2.24) is 5.32 Å². The Kier molecular flexibility index (Phi) is 68.2. The molecular formula is C75H139NO3. The molecule has 79 heavy (non-hydrogen) atoms. The van der Waals surface area contributed by atoms with Crippen molar-refractivity contribution >= 4 is 5.91 Å². The van der Waals surface area contributed by atoms with Crippen LogP contribution in [-0.4, -0.2) is 34.9 Å². The Morgan fingerprint density at radius 1 is 0.304 bits per heavy atom. The van der Waals surface area contributed by atoms with Crippen LogP contribution in [0.25, 0.3) is 0 Å². The minimum Gasteiger partial charge on any atom is -0.394 e. The fourth-order valence-corrected chi connectivity index (χ4v) is 11.0. The fourth-order valence-electron chi connectivity index (χ4n) is 11.0. The Morgan fingerprint density at radius 3 is 0.823 bits per heavy atom. The van der Waals surface area contributed by atoms with Crippen molar-refractivity contribution < 1.29 is 15.0 Å². The molecule has 0 aromatic rings. The van der Waals surface area contributed by atoms with Crippen molar-refractivity contribution in [2.75, 3.05) is 6.61 Å². The summed E-state index contributed by atoms with van der Waals surface area (Å²) in [5, 5.41) is 23.2. The molecule has 0 aromatic heterocycles. The smallest absolute Gasteiger partial charge is 0.220 e. The molecule has 0 heterocycles. The molecule has 1 amide bonds. The first-order chi connectivity index (χ1) is 39.2. The number of aliphatic hydroxyl groups is 2. The van der Waals surface area contributed by atoms with Gasteiger partial charge in [0.2, 0.25) is 5.91 Å². The first kappa shape index (κ1) is 76.8. The first-order valence-electron chi connectivity index (χ1n) is 35.7. The van der Waals surface area contributed by atoms with E-state index in [0.29, 0.717) is 6.42 Å². The number of hydrogen-bond donors (Lipinski definition) is 3. The number of nitrogens with one attached hydrogen (secondary N) is 1. The molecule has 0 fully saturated rings. The summed E-state index contributed by atoms with van der Waals surface area (Å²) in [7, 11) is 0. The lowest BCUT2D eigenvalue weighted by Crippen LogP contribution is -2.45. The van der Waals surface area contributed by atoms with E-state index in [1.807, 2.05) is 6.08 Å². The van der Waals surface area contributed by atoms with Gasteiger partial charge in [0, 0.05) is 6.42 Å². The molecule has 0 aliphatic carbocycles. The molecule has 4 nitrogen and oxygen atoms in total. The summed E-state index contributed by atoms with van der Waals surface area (Å²) in [4.78, 5) is 12.5. The van der Waals surface area contributed by atoms with E-state index in [9.17, 15) is 15.0 Å². The van der Waals surface area contributed by atoms with Gasteiger partial charge in [0.25, 0.3) is 0 Å². The van der Waals surface area contributed by atoms with E-state index in [1.54, 1.807) is 6.08 Å². The van der Waals surface area contributed by atoms with E-state index in [4.69, 9.17) is 0 Å². The van der Waals surface area contributed by atoms with Crippen LogP contribution in [0.4, 0.5) is 0 Å². The van der Waals surface area contributed by atoms with Crippen LogP contribution in [0.5, 0.6) is 0 Å². The van der Waals surface area contributed by atoms with Crippen LogP contribution in [0.15, 0.2) is 72.9 Å². The van der Waals surface area contributed by atoms with Crippen molar-refractivity contribution in [3.63, 3.8) is 0 Å². The molecule has 0 spiro atoms. The van der Waals surface area contributed by atoms with Gasteiger partial charge in [-0.15, -0.1) is 0 Å². The van der Waals surface area contributed by atoms with E-state index in [0.717, 1.165) is 51.4 Å². The van der Waals surface area contributed by atoms with Gasteiger partial charge in [0.15, 0.2) is 0 Å². The summed E-state index contributed by atoms with van der Waals surface area (Å²) in [6, 6.07) is -0.648. The molecule has 0 radical (unpaired) electrons. The quantitative estimate of drug-likeness (QED) is 0.0420. The van der Waals surface area contributed by atoms with Crippen LogP contribution >= 0.6 is 0 Å². The van der Waals surface area contributed by atoms with Gasteiger partial charge in [0.1, 0.15) is 0 Å². The van der Waals surface area contributed by atoms with Crippen molar-refractivity contribution in [2.24, 2.45) is 0 Å². The average molecular weight is 1100 g/mol. The number of unbranched alkanes of at least 4 members (excludes halogenated alkanes) is 49. The van der Waals surface area contributed by atoms with Gasteiger partial charge >= 0.3 is 0 Å². The zero-order chi connectivity index (χ0) is 56.9. The zero-order valence-electron chi connectivity index (χ0n) is 53.4. The number of amides is 1. The minimum atomic E-state index is -0.873. The van der Waals surface area contributed by atoms with E-state index in [1.165, 1.54) is 308 Å². The van der Waals surface area contributed by atoms with Crippen LogP contribution in [0.1, 0.15) is 380 Å². The second-order valence-electron chi connectivity index (χ2n) is 24.3. The van der Waals surface area contributed by atoms with Crippen molar-refractivity contribution in [3.8, 4) is 0 Å². The molecule has 0 saturated heterocycles. The molecule has 0 rings (SSSR count). The highest BCUT2D eigenvalue weighted by atomic mass is 16.3. The molecular weight excluding hydrogens is 963 g/mol. The van der Waals surface area contributed by atoms with Crippen molar-refractivity contribution in [2.45, 2.75) is 392 Å². The maximum absolute atomic E-state index is 12.5. The van der Waals surface area contributed by atoms with Gasteiger partial charge in [0.05, 0.1) is 18.8 Å². The monoisotopic (exact) mass is 1100 g/mol. The molecule has 2 unspecified atom stereocenters. The molecule has 2 atom stereocenters. The largest absolute Gasteiger partial charge is 0.394 e. The predicted octanol–water partition coefficient (Wildman–Crippen LogP) is 24.4. The van der Waals surface area contributed by atoms with Gasteiger partial charge in [-0.05, 0) is 83.5 Å². The second kappa shape index (κ2) is 70.1. The minimum absolute atomic E-state index is 0.0719. The topological polar surface area (TPSA) is 69.6 Å². The zero-order valence-corrected chi connectivity index (χ0v) is 53.4. The number of carbonyl (C=O) groups is 1. The lowest BCUT2D eigenvalue weighted by Gasteiger charge is -2.19. The second-order valence-corrected chi connectivity index (χ2v) is 24.3. The molecule has 3 N–H and O–H groups in total. The SMILES string of the molecule is CCCCCCC/C=C\C/C=C\C/C=C\CCCCCCCCCCCCCCCCCCCCCCCCCCCCC(=O)NC(CO)C(O)/C=C/CC/C=C/CC/C=C/CCCCCCCCCCCCCCCCCC. The van der Waals surface area contributed by atoms with Crippen LogP contribution in [0.3, 0.4) is 0 Å². The van der Waals surface area contributed by atoms with Gasteiger partial charge in [-0.3, -0.25) is 4.79 Å². The molecule has 0 bridgehead atoms. The molecule has 4 heteroatoms. The Balaban J connectivity index is 3.45. The molecule has 0 saturated carbocycles. The van der Waals surface area contributed by atoms with E-state index >= 15 is 0 Å². The Labute approximate surface area is 495 Å². The number of carbonyl (C=O) groups excluding carboxylic acids is 1. The highest BCUT2D eigenvalue weighted by Crippen LogP contribution is 2.18. The lowest BCUT2D eigenvalue weighted by molar-refractivity contribution is -0.123. The van der Waals surface area contributed by atoms with Crippen LogP contribution in [-0.2, 0) is 4.79 Å². The van der Waals surface area contributed by atoms with Crippen LogP contribution < -0.4 is 5.32 Å². The van der Waals surface area contributed by atoms with Gasteiger partial charge in [-0.25, -0.2) is 0 Å². The molecule has 0 aromatic carbocycles. The standard InChI is InChI=1S/C75H139NO3/c1-3-5-7-9-11-13-15-17-19-21-23-25-27-29-31-32-33-34-35-36-37-38-39-40-41-42-43-44-45-47-49-51-53-55-57-59-61-63-65-67-69-71-75(79)76-73(72-77)74(78)70-68-66-64-62-60-58-56-54-52-50-48-46-30-28-26-24-22-20-18-16-14-12-10-8-6-4-2/h15,17,21,23,27,29,52,54,60,62,68,70,73-74,77-78H,3-14,16,18-20,22,24-26,28,30-51,53,55-59,61,63-67,69,71-72H2,1-2H3,(H,76,79)/b17-15-,23-21-,29-27-,54-52+,62-60+,70-68+. The molecule has 462 valence electrons. The third-order valence-corrected chi connectivity index (χ3v) is 16.4.